The van der Waals surface area contributed by atoms with E-state index in [1.165, 1.54) is 0 Å². The summed E-state index contributed by atoms with van der Waals surface area (Å²) in [4.78, 5) is 0. The van der Waals surface area contributed by atoms with Crippen LogP contribution >= 0.6 is 22.6 Å². The number of phenolic OH excluding ortho intramolecular Hbond substituents is 1. The van der Waals surface area contributed by atoms with Crippen molar-refractivity contribution >= 4 is 28.7 Å². The van der Waals surface area contributed by atoms with Crippen LogP contribution in [0.3, 0.4) is 0 Å². The van der Waals surface area contributed by atoms with Crippen molar-refractivity contribution in [1.82, 2.24) is 0 Å². The molecule has 0 saturated heterocycles. The highest BCUT2D eigenvalue weighted by Crippen LogP contribution is 2.24. The van der Waals surface area contributed by atoms with E-state index in [1.54, 1.807) is 25.3 Å². The third-order valence-corrected chi connectivity index (χ3v) is 1.82. The van der Waals surface area contributed by atoms with Crippen molar-refractivity contribution in [2.45, 2.75) is 0 Å². The molecule has 12 heavy (non-hydrogen) atoms. The van der Waals surface area contributed by atoms with E-state index in [9.17, 15) is 0 Å². The van der Waals surface area contributed by atoms with Crippen LogP contribution in [0.4, 0.5) is 0 Å². The molecule has 0 unspecified atom stereocenters. The molecule has 0 fully saturated rings. The highest BCUT2D eigenvalue weighted by molar-refractivity contribution is 14.1. The SMILES string of the molecule is COc1ccc(O)cc1/C=C\I. The number of hydrogen-bond acceptors (Lipinski definition) is 2. The van der Waals surface area contributed by atoms with E-state index >= 15 is 0 Å². The van der Waals surface area contributed by atoms with Gasteiger partial charge >= 0.3 is 0 Å². The maximum Gasteiger partial charge on any atom is 0.126 e. The average Bonchev–Trinajstić information content (AvgIpc) is 2.05. The molecule has 0 bridgehead atoms. The number of halogens is 1. The lowest BCUT2D eigenvalue weighted by Gasteiger charge is -2.03. The van der Waals surface area contributed by atoms with E-state index < -0.39 is 0 Å². The average molecular weight is 276 g/mol. The molecule has 1 aromatic rings. The topological polar surface area (TPSA) is 29.5 Å². The van der Waals surface area contributed by atoms with Crippen molar-refractivity contribution in [3.8, 4) is 11.5 Å². The van der Waals surface area contributed by atoms with Gasteiger partial charge in [-0.3, -0.25) is 0 Å². The zero-order valence-corrected chi connectivity index (χ0v) is 8.78. The summed E-state index contributed by atoms with van der Waals surface area (Å²) >= 11 is 2.12. The highest BCUT2D eigenvalue weighted by atomic mass is 127. The zero-order chi connectivity index (χ0) is 8.97. The highest BCUT2D eigenvalue weighted by Gasteiger charge is 1.99. The Hall–Kier alpha value is -0.710. The zero-order valence-electron chi connectivity index (χ0n) is 6.62. The Labute approximate surface area is 85.0 Å². The van der Waals surface area contributed by atoms with Crippen molar-refractivity contribution in [2.24, 2.45) is 0 Å². The van der Waals surface area contributed by atoms with Gasteiger partial charge in [-0.1, -0.05) is 22.6 Å². The van der Waals surface area contributed by atoms with E-state index in [2.05, 4.69) is 22.6 Å². The summed E-state index contributed by atoms with van der Waals surface area (Å²) in [5.74, 6) is 1.01. The van der Waals surface area contributed by atoms with E-state index in [0.717, 1.165) is 11.3 Å². The Morgan fingerprint density at radius 3 is 2.83 bits per heavy atom. The van der Waals surface area contributed by atoms with Gasteiger partial charge in [-0.05, 0) is 28.4 Å². The molecule has 0 amide bonds. The van der Waals surface area contributed by atoms with Gasteiger partial charge in [-0.15, -0.1) is 0 Å². The normalized spacial score (nSPS) is 10.5. The van der Waals surface area contributed by atoms with Crippen molar-refractivity contribution < 1.29 is 9.84 Å². The first-order valence-electron chi connectivity index (χ1n) is 3.41. The van der Waals surface area contributed by atoms with Gasteiger partial charge in [0, 0.05) is 5.56 Å². The Bertz CT molecular complexity index is 295. The smallest absolute Gasteiger partial charge is 0.126 e. The maximum absolute atomic E-state index is 9.17. The molecule has 2 nitrogen and oxygen atoms in total. The van der Waals surface area contributed by atoms with Crippen LogP contribution in [0.1, 0.15) is 5.56 Å². The molecule has 1 N–H and O–H groups in total. The maximum atomic E-state index is 9.17. The number of ether oxygens (including phenoxy) is 1. The van der Waals surface area contributed by atoms with Crippen LogP contribution in [-0.4, -0.2) is 12.2 Å². The van der Waals surface area contributed by atoms with Crippen LogP contribution in [-0.2, 0) is 0 Å². The van der Waals surface area contributed by atoms with Crippen LogP contribution in [0.2, 0.25) is 0 Å². The second-order valence-electron chi connectivity index (χ2n) is 2.22. The van der Waals surface area contributed by atoms with Gasteiger partial charge in [0.1, 0.15) is 11.5 Å². The molecule has 0 atom stereocenters. The number of methoxy groups -OCH3 is 1. The summed E-state index contributed by atoms with van der Waals surface area (Å²) in [6, 6.07) is 5.00. The minimum Gasteiger partial charge on any atom is -0.508 e. The Balaban J connectivity index is 3.12. The van der Waals surface area contributed by atoms with Crippen LogP contribution in [0, 0.1) is 0 Å². The fourth-order valence-electron chi connectivity index (χ4n) is 0.920. The van der Waals surface area contributed by atoms with Crippen molar-refractivity contribution in [2.75, 3.05) is 7.11 Å². The molecule has 0 saturated carbocycles. The predicted molar refractivity (Wildman–Crippen MR) is 57.7 cm³/mol. The molecule has 0 aliphatic rings. The fourth-order valence-corrected chi connectivity index (χ4v) is 1.31. The van der Waals surface area contributed by atoms with Gasteiger partial charge in [0.25, 0.3) is 0 Å². The Kier molecular flexibility index (Phi) is 3.40. The van der Waals surface area contributed by atoms with Crippen molar-refractivity contribution in [3.63, 3.8) is 0 Å². The van der Waals surface area contributed by atoms with Crippen LogP contribution in [0.25, 0.3) is 6.08 Å². The molecule has 3 heteroatoms. The summed E-state index contributed by atoms with van der Waals surface area (Å²) in [5.41, 5.74) is 0.881. The molecule has 0 spiro atoms. The Morgan fingerprint density at radius 2 is 2.25 bits per heavy atom. The molecule has 0 aliphatic heterocycles. The third-order valence-electron chi connectivity index (χ3n) is 1.46. The van der Waals surface area contributed by atoms with Gasteiger partial charge < -0.3 is 9.84 Å². The van der Waals surface area contributed by atoms with Gasteiger partial charge in [-0.2, -0.15) is 0 Å². The first kappa shape index (κ1) is 9.38. The number of rotatable bonds is 2. The minimum absolute atomic E-state index is 0.250. The van der Waals surface area contributed by atoms with Gasteiger partial charge in [-0.25, -0.2) is 0 Å². The standard InChI is InChI=1S/C9H9IO2/c1-12-9-3-2-8(11)6-7(9)4-5-10/h2-6,11H,1H3/b5-4-. The molecule has 0 aliphatic carbocycles. The number of benzene rings is 1. The summed E-state index contributed by atoms with van der Waals surface area (Å²) < 4.78 is 6.96. The lowest BCUT2D eigenvalue weighted by atomic mass is 10.2. The van der Waals surface area contributed by atoms with Crippen LogP contribution in [0.15, 0.2) is 22.3 Å². The largest absolute Gasteiger partial charge is 0.508 e. The lowest BCUT2D eigenvalue weighted by Crippen LogP contribution is -1.85. The van der Waals surface area contributed by atoms with E-state index in [1.807, 2.05) is 10.2 Å². The summed E-state index contributed by atoms with van der Waals surface area (Å²) in [7, 11) is 1.61. The van der Waals surface area contributed by atoms with Gasteiger partial charge in [0.2, 0.25) is 0 Å². The second kappa shape index (κ2) is 4.35. The van der Waals surface area contributed by atoms with Crippen LogP contribution < -0.4 is 4.74 Å². The van der Waals surface area contributed by atoms with Crippen molar-refractivity contribution in [1.29, 1.82) is 0 Å². The van der Waals surface area contributed by atoms with Gasteiger partial charge in [0.15, 0.2) is 0 Å². The second-order valence-corrected chi connectivity index (χ2v) is 2.94. The summed E-state index contributed by atoms with van der Waals surface area (Å²) in [6.07, 6.45) is 1.87. The molecular weight excluding hydrogens is 267 g/mol. The molecule has 0 heterocycles. The predicted octanol–water partition coefficient (Wildman–Crippen LogP) is 2.81. The summed E-state index contributed by atoms with van der Waals surface area (Å²) in [5, 5.41) is 9.17. The molecule has 0 aromatic heterocycles. The quantitative estimate of drug-likeness (QED) is 0.842. The van der Waals surface area contributed by atoms with E-state index in [-0.39, 0.29) is 5.75 Å². The van der Waals surface area contributed by atoms with Crippen LogP contribution in [0.5, 0.6) is 11.5 Å². The molecular formula is C9H9IO2. The number of phenols is 1. The lowest BCUT2D eigenvalue weighted by molar-refractivity contribution is 0.411. The Morgan fingerprint density at radius 1 is 1.50 bits per heavy atom. The first-order valence-corrected chi connectivity index (χ1v) is 4.66. The molecule has 1 rings (SSSR count). The first-order chi connectivity index (χ1) is 5.77. The number of aromatic hydroxyl groups is 1. The molecule has 1 aromatic carbocycles. The van der Waals surface area contributed by atoms with E-state index in [0.29, 0.717) is 0 Å². The third kappa shape index (κ3) is 2.14. The minimum atomic E-state index is 0.250. The number of hydrogen-bond donors (Lipinski definition) is 1. The fraction of sp³-hybridized carbons (Fsp3) is 0.111. The van der Waals surface area contributed by atoms with Crippen molar-refractivity contribution in [3.05, 3.63) is 27.8 Å². The van der Waals surface area contributed by atoms with E-state index in [4.69, 9.17) is 9.84 Å². The summed E-state index contributed by atoms with van der Waals surface area (Å²) in [6.45, 7) is 0. The monoisotopic (exact) mass is 276 g/mol. The van der Waals surface area contributed by atoms with Gasteiger partial charge in [0.05, 0.1) is 7.11 Å². The molecule has 0 radical (unpaired) electrons. The molecule has 64 valence electrons.